The van der Waals surface area contributed by atoms with Crippen molar-refractivity contribution in [3.63, 3.8) is 0 Å². The molecule has 2 aliphatic rings. The van der Waals surface area contributed by atoms with Crippen LogP contribution in [-0.4, -0.2) is 81.0 Å². The maximum atomic E-state index is 14.0. The van der Waals surface area contributed by atoms with Crippen molar-refractivity contribution < 1.29 is 23.9 Å². The van der Waals surface area contributed by atoms with Crippen LogP contribution >= 0.6 is 0 Å². The molecule has 0 spiro atoms. The van der Waals surface area contributed by atoms with Gasteiger partial charge < -0.3 is 30.3 Å². The Balaban J connectivity index is 1.55. The second-order valence-electron chi connectivity index (χ2n) is 12.9. The smallest absolute Gasteiger partial charge is 0.318 e. The van der Waals surface area contributed by atoms with Crippen LogP contribution in [0.15, 0.2) is 72.2 Å². The number of hydrogen-bond donors (Lipinski definition) is 3. The number of rotatable bonds is 16. The molecule has 9 nitrogen and oxygen atoms in total. The number of amides is 4. The number of urea groups is 1. The average Bonchev–Trinajstić information content (AvgIpc) is 3.05. The fourth-order valence-corrected chi connectivity index (χ4v) is 6.39. The molecule has 0 bridgehead atoms. The SMILES string of the molecule is COC(C[C@H](Cc1ccccc1)NC(=O)[C@H](C(C)C)N1CCCNC1=O)[C@H]([B]C1=CC=CCC1)NC(=O)COc1c(C)cccc1C. The lowest BCUT2D eigenvalue weighted by Gasteiger charge is -2.37. The van der Waals surface area contributed by atoms with Gasteiger partial charge in [-0.15, -0.1) is 5.47 Å². The van der Waals surface area contributed by atoms with Crippen molar-refractivity contribution in [3.05, 3.63) is 88.9 Å². The lowest BCUT2D eigenvalue weighted by atomic mass is 9.58. The highest BCUT2D eigenvalue weighted by atomic mass is 16.5. The molecule has 0 saturated carbocycles. The number of para-hydroxylation sites is 1. The normalized spacial score (nSPS) is 17.2. The number of aryl methyl sites for hydroxylation is 2. The standard InChI is InChI=1S/C37H50BN4O5/c1-25(2)33(42-21-13-20-39-37(42)45)36(44)40-30(22-28-16-8-6-9-17-28)23-31(46-5)35(38-29-18-10-7-11-19-29)41-32(43)24-47-34-26(3)14-12-15-27(34)4/h6-10,12,14-18,25,30-31,33,35H,11,13,19-24H2,1-5H3,(H,39,45)(H,40,44)(H,41,43)/t30-,31?,33-,35+/m0/s1. The van der Waals surface area contributed by atoms with Crippen LogP contribution in [0.5, 0.6) is 5.75 Å². The number of hydrogen-bond acceptors (Lipinski definition) is 5. The predicted octanol–water partition coefficient (Wildman–Crippen LogP) is 4.64. The molecule has 4 atom stereocenters. The number of carbonyl (C=O) groups is 3. The minimum Gasteiger partial charge on any atom is -0.483 e. The Hall–Kier alpha value is -4.05. The third-order valence-corrected chi connectivity index (χ3v) is 8.76. The summed E-state index contributed by atoms with van der Waals surface area (Å²) in [5.74, 6) is -0.310. The molecule has 1 saturated heterocycles. The van der Waals surface area contributed by atoms with E-state index in [2.05, 4.69) is 35.4 Å². The van der Waals surface area contributed by atoms with Crippen molar-refractivity contribution in [1.82, 2.24) is 20.9 Å². The van der Waals surface area contributed by atoms with Crippen molar-refractivity contribution in [2.45, 2.75) is 83.9 Å². The van der Waals surface area contributed by atoms with E-state index in [1.54, 1.807) is 12.0 Å². The third-order valence-electron chi connectivity index (χ3n) is 8.76. The average molecular weight is 642 g/mol. The van der Waals surface area contributed by atoms with E-state index in [-0.39, 0.29) is 36.4 Å². The number of nitrogens with one attached hydrogen (secondary N) is 3. The zero-order valence-electron chi connectivity index (χ0n) is 28.5. The Kier molecular flexibility index (Phi) is 13.5. The molecule has 1 fully saturated rings. The quantitative estimate of drug-likeness (QED) is 0.232. The zero-order chi connectivity index (χ0) is 33.8. The fourth-order valence-electron chi connectivity index (χ4n) is 6.39. The van der Waals surface area contributed by atoms with E-state index in [9.17, 15) is 14.4 Å². The Morgan fingerprint density at radius 3 is 2.43 bits per heavy atom. The molecule has 1 radical (unpaired) electrons. The summed E-state index contributed by atoms with van der Waals surface area (Å²) in [5, 5.41) is 9.32. The first-order valence-corrected chi connectivity index (χ1v) is 16.8. The number of ether oxygens (including phenoxy) is 2. The van der Waals surface area contributed by atoms with Gasteiger partial charge in [0.1, 0.15) is 11.8 Å². The molecular formula is C37H50BN4O5. The maximum Gasteiger partial charge on any atom is 0.318 e. The van der Waals surface area contributed by atoms with Crippen LogP contribution in [0.1, 0.15) is 56.2 Å². The summed E-state index contributed by atoms with van der Waals surface area (Å²) < 4.78 is 12.1. The molecule has 0 aromatic heterocycles. The van der Waals surface area contributed by atoms with E-state index in [0.29, 0.717) is 31.7 Å². The highest BCUT2D eigenvalue weighted by molar-refractivity contribution is 6.48. The van der Waals surface area contributed by atoms with Crippen LogP contribution in [0.3, 0.4) is 0 Å². The minimum atomic E-state index is -0.613. The van der Waals surface area contributed by atoms with E-state index in [1.165, 1.54) is 0 Å². The van der Waals surface area contributed by atoms with Gasteiger partial charge in [0, 0.05) is 32.2 Å². The second kappa shape index (κ2) is 17.8. The van der Waals surface area contributed by atoms with Gasteiger partial charge in [0.25, 0.3) is 5.91 Å². The topological polar surface area (TPSA) is 109 Å². The summed E-state index contributed by atoms with van der Waals surface area (Å²) in [5.41, 5.74) is 4.11. The molecule has 1 aliphatic heterocycles. The Bertz CT molecular complexity index is 1390. The lowest BCUT2D eigenvalue weighted by molar-refractivity contribution is -0.128. The Morgan fingerprint density at radius 1 is 1.04 bits per heavy atom. The van der Waals surface area contributed by atoms with Crippen LogP contribution in [0.2, 0.25) is 0 Å². The molecule has 251 valence electrons. The highest BCUT2D eigenvalue weighted by Gasteiger charge is 2.36. The predicted molar refractivity (Wildman–Crippen MR) is 186 cm³/mol. The van der Waals surface area contributed by atoms with E-state index >= 15 is 0 Å². The molecule has 4 rings (SSSR count). The first kappa shape index (κ1) is 35.8. The van der Waals surface area contributed by atoms with E-state index in [4.69, 9.17) is 9.47 Å². The van der Waals surface area contributed by atoms with Crippen molar-refractivity contribution >= 4 is 25.1 Å². The maximum absolute atomic E-state index is 14.0. The Labute approximate surface area is 280 Å². The number of carbonyl (C=O) groups excluding carboxylic acids is 3. The van der Waals surface area contributed by atoms with E-state index in [0.717, 1.165) is 41.4 Å². The molecule has 1 unspecified atom stereocenters. The van der Waals surface area contributed by atoms with E-state index < -0.39 is 18.1 Å². The van der Waals surface area contributed by atoms with Gasteiger partial charge in [0.15, 0.2) is 13.9 Å². The van der Waals surface area contributed by atoms with Gasteiger partial charge in [-0.25, -0.2) is 4.79 Å². The van der Waals surface area contributed by atoms with Crippen LogP contribution in [0.25, 0.3) is 0 Å². The summed E-state index contributed by atoms with van der Waals surface area (Å²) in [7, 11) is 3.70. The molecule has 47 heavy (non-hydrogen) atoms. The molecule has 1 heterocycles. The van der Waals surface area contributed by atoms with Crippen molar-refractivity contribution in [2.24, 2.45) is 5.92 Å². The summed E-state index contributed by atoms with van der Waals surface area (Å²) in [4.78, 5) is 41.7. The first-order valence-electron chi connectivity index (χ1n) is 16.8. The van der Waals surface area contributed by atoms with Crippen molar-refractivity contribution in [3.8, 4) is 5.75 Å². The summed E-state index contributed by atoms with van der Waals surface area (Å²) in [6.45, 7) is 8.85. The van der Waals surface area contributed by atoms with Gasteiger partial charge in [-0.05, 0) is 68.6 Å². The Morgan fingerprint density at radius 2 is 1.79 bits per heavy atom. The zero-order valence-corrected chi connectivity index (χ0v) is 28.5. The van der Waals surface area contributed by atoms with Gasteiger partial charge >= 0.3 is 6.03 Å². The molecule has 2 aromatic carbocycles. The second-order valence-corrected chi connectivity index (χ2v) is 12.9. The van der Waals surface area contributed by atoms with E-state index in [1.807, 2.05) is 82.3 Å². The number of methoxy groups -OCH3 is 1. The molecule has 1 aliphatic carbocycles. The largest absolute Gasteiger partial charge is 0.483 e. The lowest BCUT2D eigenvalue weighted by Crippen LogP contribution is -2.59. The first-order chi connectivity index (χ1) is 22.7. The van der Waals surface area contributed by atoms with Gasteiger partial charge in [0.2, 0.25) is 5.91 Å². The van der Waals surface area contributed by atoms with Gasteiger partial charge in [-0.3, -0.25) is 9.59 Å². The number of nitrogens with zero attached hydrogens (tertiary/aromatic N) is 1. The molecule has 2 aromatic rings. The van der Waals surface area contributed by atoms with Crippen LogP contribution in [0, 0.1) is 19.8 Å². The van der Waals surface area contributed by atoms with Crippen LogP contribution < -0.4 is 20.7 Å². The molecular weight excluding hydrogens is 591 g/mol. The fraction of sp³-hybridized carbons (Fsp3) is 0.486. The summed E-state index contributed by atoms with van der Waals surface area (Å²) >= 11 is 0. The van der Waals surface area contributed by atoms with Gasteiger partial charge in [-0.2, -0.15) is 0 Å². The monoisotopic (exact) mass is 641 g/mol. The number of allylic oxidation sites excluding steroid dienone is 4. The van der Waals surface area contributed by atoms with Crippen molar-refractivity contribution in [2.75, 3.05) is 26.8 Å². The van der Waals surface area contributed by atoms with Crippen LogP contribution in [-0.2, 0) is 20.7 Å². The van der Waals surface area contributed by atoms with Crippen LogP contribution in [0.4, 0.5) is 4.79 Å². The molecule has 3 N–H and O–H groups in total. The molecule has 4 amide bonds. The summed E-state index contributed by atoms with van der Waals surface area (Å²) in [6, 6.07) is 14.7. The highest BCUT2D eigenvalue weighted by Crippen LogP contribution is 2.23. The summed E-state index contributed by atoms with van der Waals surface area (Å²) in [6.07, 6.45) is 9.30. The van der Waals surface area contributed by atoms with Crippen molar-refractivity contribution in [1.29, 1.82) is 0 Å². The molecule has 10 heteroatoms. The third kappa shape index (κ3) is 10.5. The van der Waals surface area contributed by atoms with Gasteiger partial charge in [0.05, 0.1) is 6.10 Å². The minimum absolute atomic E-state index is 0.0852. The number of benzene rings is 2. The van der Waals surface area contributed by atoms with Gasteiger partial charge in [-0.1, -0.05) is 80.6 Å².